The van der Waals surface area contributed by atoms with E-state index in [0.29, 0.717) is 18.1 Å². The summed E-state index contributed by atoms with van der Waals surface area (Å²) >= 11 is 5.39. The van der Waals surface area contributed by atoms with Crippen molar-refractivity contribution in [3.05, 3.63) is 34.9 Å². The number of halogens is 1. The molecule has 1 aromatic carbocycles. The third-order valence-electron chi connectivity index (χ3n) is 2.14. The molecule has 0 radical (unpaired) electrons. The number of carbonyl (C=O) groups excluding carboxylic acids is 2. The Bertz CT molecular complexity index is 365. The van der Waals surface area contributed by atoms with Crippen LogP contribution in [0.5, 0.6) is 0 Å². The molecule has 0 heterocycles. The van der Waals surface area contributed by atoms with E-state index in [9.17, 15) is 19.8 Å². The highest BCUT2D eigenvalue weighted by molar-refractivity contribution is 6.18. The van der Waals surface area contributed by atoms with Gasteiger partial charge in [-0.3, -0.25) is 9.59 Å². The molecule has 0 bridgehead atoms. The van der Waals surface area contributed by atoms with Gasteiger partial charge in [-0.05, 0) is 23.8 Å². The first-order chi connectivity index (χ1) is 7.62. The molecule has 86 valence electrons. The summed E-state index contributed by atoms with van der Waals surface area (Å²) < 4.78 is 0. The summed E-state index contributed by atoms with van der Waals surface area (Å²) in [5, 5.41) is 19.0. The summed E-state index contributed by atoms with van der Waals surface area (Å²) in [6, 6.07) is 4.20. The van der Waals surface area contributed by atoms with Gasteiger partial charge in [0.1, 0.15) is 18.7 Å². The van der Waals surface area contributed by atoms with Gasteiger partial charge in [0.25, 0.3) is 0 Å². The lowest BCUT2D eigenvalue weighted by Gasteiger charge is -2.16. The van der Waals surface area contributed by atoms with E-state index in [2.05, 4.69) is 0 Å². The van der Waals surface area contributed by atoms with Crippen molar-refractivity contribution in [2.75, 3.05) is 5.88 Å². The van der Waals surface area contributed by atoms with Crippen molar-refractivity contribution in [1.29, 1.82) is 0 Å². The summed E-state index contributed by atoms with van der Waals surface area (Å²) in [5.74, 6) is -0.136. The van der Waals surface area contributed by atoms with E-state index >= 15 is 0 Å². The summed E-state index contributed by atoms with van der Waals surface area (Å²) in [6.45, 7) is 0. The maximum absolute atomic E-state index is 10.6. The highest BCUT2D eigenvalue weighted by Gasteiger charge is 2.18. The fraction of sp³-hybridized carbons (Fsp3) is 0.273. The number of hydrogen-bond acceptors (Lipinski definition) is 4. The normalized spacial score (nSPS) is 14.2. The molecular formula is C11H11ClO4. The molecule has 0 aliphatic heterocycles. The lowest BCUT2D eigenvalue weighted by Crippen LogP contribution is -2.20. The fourth-order valence-electron chi connectivity index (χ4n) is 1.32. The Hall–Kier alpha value is -1.23. The fourth-order valence-corrected chi connectivity index (χ4v) is 1.48. The van der Waals surface area contributed by atoms with Crippen molar-refractivity contribution in [3.8, 4) is 0 Å². The number of rotatable bonds is 5. The Labute approximate surface area is 97.5 Å². The number of aliphatic hydroxyl groups is 2. The molecule has 1 aromatic rings. The molecule has 1 rings (SSSR count). The van der Waals surface area contributed by atoms with Gasteiger partial charge < -0.3 is 10.2 Å². The van der Waals surface area contributed by atoms with Crippen molar-refractivity contribution >= 4 is 24.2 Å². The maximum Gasteiger partial charge on any atom is 0.150 e. The van der Waals surface area contributed by atoms with Crippen LogP contribution in [0.1, 0.15) is 32.4 Å². The molecule has 2 atom stereocenters. The number of alkyl halides is 1. The Morgan fingerprint density at radius 1 is 1.12 bits per heavy atom. The van der Waals surface area contributed by atoms with Gasteiger partial charge in [0.15, 0.2) is 0 Å². The first kappa shape index (κ1) is 12.8. The third kappa shape index (κ3) is 2.88. The molecule has 5 heteroatoms. The summed E-state index contributed by atoms with van der Waals surface area (Å²) in [5.41, 5.74) is 0.820. The lowest BCUT2D eigenvalue weighted by atomic mass is 10.0. The average Bonchev–Trinajstić information content (AvgIpc) is 2.35. The molecule has 4 nitrogen and oxygen atoms in total. The Kier molecular flexibility index (Phi) is 4.61. The molecular weight excluding hydrogens is 232 g/mol. The number of carbonyl (C=O) groups is 2. The number of aldehydes is 2. The van der Waals surface area contributed by atoms with Gasteiger partial charge in [0.2, 0.25) is 0 Å². The Morgan fingerprint density at radius 2 is 1.62 bits per heavy atom. The van der Waals surface area contributed by atoms with E-state index in [-0.39, 0.29) is 17.0 Å². The smallest absolute Gasteiger partial charge is 0.150 e. The molecule has 0 fully saturated rings. The van der Waals surface area contributed by atoms with Crippen molar-refractivity contribution in [1.82, 2.24) is 0 Å². The van der Waals surface area contributed by atoms with E-state index in [1.165, 1.54) is 18.2 Å². The lowest BCUT2D eigenvalue weighted by molar-refractivity contribution is 0.0326. The number of aliphatic hydroxyl groups excluding tert-OH is 2. The zero-order valence-electron chi connectivity index (χ0n) is 8.34. The quantitative estimate of drug-likeness (QED) is 0.595. The van der Waals surface area contributed by atoms with E-state index in [1.54, 1.807) is 0 Å². The van der Waals surface area contributed by atoms with Gasteiger partial charge >= 0.3 is 0 Å². The second kappa shape index (κ2) is 5.75. The standard InChI is InChI=1S/C11H11ClO4/c12-4-10(15)11(16)9-2-7(5-13)1-8(3-9)6-14/h1-3,5-6,10-11,15-16H,4H2. The summed E-state index contributed by atoms with van der Waals surface area (Å²) in [7, 11) is 0. The molecule has 0 aliphatic rings. The summed E-state index contributed by atoms with van der Waals surface area (Å²) in [4.78, 5) is 21.2. The zero-order chi connectivity index (χ0) is 12.1. The van der Waals surface area contributed by atoms with Gasteiger partial charge in [0.05, 0.1) is 12.0 Å². The largest absolute Gasteiger partial charge is 0.389 e. The number of benzene rings is 1. The van der Waals surface area contributed by atoms with Crippen molar-refractivity contribution in [2.24, 2.45) is 0 Å². The monoisotopic (exact) mass is 242 g/mol. The highest BCUT2D eigenvalue weighted by Crippen LogP contribution is 2.20. The molecule has 0 aromatic heterocycles. The third-order valence-corrected chi connectivity index (χ3v) is 2.45. The molecule has 2 N–H and O–H groups in total. The van der Waals surface area contributed by atoms with Crippen LogP contribution >= 0.6 is 11.6 Å². The second-order valence-electron chi connectivity index (χ2n) is 3.34. The SMILES string of the molecule is O=Cc1cc(C=O)cc(C(O)C(O)CCl)c1. The van der Waals surface area contributed by atoms with Crippen LogP contribution in [0.15, 0.2) is 18.2 Å². The van der Waals surface area contributed by atoms with Gasteiger partial charge in [0, 0.05) is 11.1 Å². The Balaban J connectivity index is 3.12. The van der Waals surface area contributed by atoms with Gasteiger partial charge in [-0.2, -0.15) is 0 Å². The minimum absolute atomic E-state index is 0.136. The van der Waals surface area contributed by atoms with Crippen LogP contribution in [0, 0.1) is 0 Å². The minimum atomic E-state index is -1.21. The first-order valence-electron chi connectivity index (χ1n) is 4.59. The summed E-state index contributed by atoms with van der Waals surface area (Å²) in [6.07, 6.45) is -1.22. The van der Waals surface area contributed by atoms with Crippen molar-refractivity contribution < 1.29 is 19.8 Å². The van der Waals surface area contributed by atoms with E-state index < -0.39 is 12.2 Å². The molecule has 0 amide bonds. The molecule has 16 heavy (non-hydrogen) atoms. The number of hydrogen-bond donors (Lipinski definition) is 2. The van der Waals surface area contributed by atoms with Crippen LogP contribution in [-0.4, -0.2) is 34.8 Å². The van der Waals surface area contributed by atoms with Gasteiger partial charge in [-0.25, -0.2) is 0 Å². The van der Waals surface area contributed by atoms with Crippen molar-refractivity contribution in [3.63, 3.8) is 0 Å². The molecule has 2 unspecified atom stereocenters. The van der Waals surface area contributed by atoms with Crippen LogP contribution in [0.3, 0.4) is 0 Å². The minimum Gasteiger partial charge on any atom is -0.389 e. The molecule has 0 saturated carbocycles. The van der Waals surface area contributed by atoms with E-state index in [4.69, 9.17) is 11.6 Å². The van der Waals surface area contributed by atoms with Crippen LogP contribution < -0.4 is 0 Å². The first-order valence-corrected chi connectivity index (χ1v) is 5.13. The predicted molar refractivity (Wildman–Crippen MR) is 58.9 cm³/mol. The topological polar surface area (TPSA) is 74.6 Å². The van der Waals surface area contributed by atoms with Gasteiger partial charge in [-0.15, -0.1) is 11.6 Å². The zero-order valence-corrected chi connectivity index (χ0v) is 9.09. The highest BCUT2D eigenvalue weighted by atomic mass is 35.5. The van der Waals surface area contributed by atoms with Crippen LogP contribution in [-0.2, 0) is 0 Å². The average molecular weight is 243 g/mol. The van der Waals surface area contributed by atoms with Crippen LogP contribution in [0.25, 0.3) is 0 Å². The molecule has 0 aliphatic carbocycles. The van der Waals surface area contributed by atoms with E-state index in [0.717, 1.165) is 0 Å². The van der Waals surface area contributed by atoms with Crippen molar-refractivity contribution in [2.45, 2.75) is 12.2 Å². The maximum atomic E-state index is 10.6. The predicted octanol–water partition coefficient (Wildman–Crippen LogP) is 0.945. The van der Waals surface area contributed by atoms with E-state index in [1.807, 2.05) is 0 Å². The van der Waals surface area contributed by atoms with Crippen LogP contribution in [0.2, 0.25) is 0 Å². The van der Waals surface area contributed by atoms with Gasteiger partial charge in [-0.1, -0.05) is 0 Å². The Morgan fingerprint density at radius 3 is 2.00 bits per heavy atom. The molecule has 0 spiro atoms. The second-order valence-corrected chi connectivity index (χ2v) is 3.64. The van der Waals surface area contributed by atoms with Crippen LogP contribution in [0.4, 0.5) is 0 Å². The molecule has 0 saturated heterocycles.